The first-order chi connectivity index (χ1) is 18.4. The Morgan fingerprint density at radius 1 is 1.11 bits per heavy atom. The summed E-state index contributed by atoms with van der Waals surface area (Å²) in [6.45, 7) is 0.500. The van der Waals surface area contributed by atoms with Crippen LogP contribution in [0.1, 0.15) is 52.5 Å². The molecule has 4 aromatic rings. The highest BCUT2D eigenvalue weighted by molar-refractivity contribution is 7.99. The monoisotopic (exact) mass is 545 g/mol. The third-order valence-corrected chi connectivity index (χ3v) is 9.19. The zero-order valence-corrected chi connectivity index (χ0v) is 22.1. The summed E-state index contributed by atoms with van der Waals surface area (Å²) in [5.74, 6) is 0.456. The maximum atomic E-state index is 13.8. The molecule has 0 amide bonds. The third kappa shape index (κ3) is 5.16. The maximum Gasteiger partial charge on any atom is 0.303 e. The second kappa shape index (κ2) is 10.1. The molecule has 2 heterocycles. The van der Waals surface area contributed by atoms with Gasteiger partial charge in [-0.1, -0.05) is 54.1 Å². The molecule has 1 N–H and O–H groups in total. The number of carbonyl (C=O) groups is 1. The van der Waals surface area contributed by atoms with Crippen molar-refractivity contribution in [3.63, 3.8) is 0 Å². The predicted octanol–water partition coefficient (Wildman–Crippen LogP) is 8.17. The SMILES string of the molecule is O=C(O)CC1(CSC2c3ccccc3COc3ccc(/C=C/c4ccc5cc(F)c(Cl)cc5n4)cc32)CC1. The van der Waals surface area contributed by atoms with Crippen molar-refractivity contribution in [1.82, 2.24) is 4.98 Å². The van der Waals surface area contributed by atoms with E-state index in [2.05, 4.69) is 29.2 Å². The average molecular weight is 546 g/mol. The predicted molar refractivity (Wildman–Crippen MR) is 151 cm³/mol. The summed E-state index contributed by atoms with van der Waals surface area (Å²) >= 11 is 7.76. The van der Waals surface area contributed by atoms with Gasteiger partial charge in [0.1, 0.15) is 18.2 Å². The number of carboxylic acid groups (broad SMARTS) is 1. The van der Waals surface area contributed by atoms with Crippen molar-refractivity contribution >= 4 is 52.4 Å². The van der Waals surface area contributed by atoms with Crippen molar-refractivity contribution in [3.8, 4) is 5.75 Å². The molecule has 0 bridgehead atoms. The second-order valence-electron chi connectivity index (χ2n) is 10.1. The van der Waals surface area contributed by atoms with E-state index in [0.29, 0.717) is 17.5 Å². The van der Waals surface area contributed by atoms with E-state index >= 15 is 0 Å². The van der Waals surface area contributed by atoms with E-state index < -0.39 is 11.8 Å². The number of fused-ring (bicyclic) bond motifs is 3. The van der Waals surface area contributed by atoms with Gasteiger partial charge in [0.2, 0.25) is 0 Å². The molecule has 38 heavy (non-hydrogen) atoms. The van der Waals surface area contributed by atoms with E-state index in [4.69, 9.17) is 16.3 Å². The average Bonchev–Trinajstić information content (AvgIpc) is 3.68. The normalized spacial score (nSPS) is 17.5. The highest BCUT2D eigenvalue weighted by Crippen LogP contribution is 2.55. The Morgan fingerprint density at radius 3 is 2.76 bits per heavy atom. The van der Waals surface area contributed by atoms with Crippen molar-refractivity contribution < 1.29 is 19.0 Å². The molecule has 3 aromatic carbocycles. The molecule has 1 aliphatic carbocycles. The lowest BCUT2D eigenvalue weighted by Crippen LogP contribution is -2.12. The topological polar surface area (TPSA) is 59.4 Å². The Balaban J connectivity index is 1.31. The smallest absolute Gasteiger partial charge is 0.303 e. The van der Waals surface area contributed by atoms with E-state index in [0.717, 1.165) is 46.7 Å². The molecule has 192 valence electrons. The van der Waals surface area contributed by atoms with Gasteiger partial charge in [0, 0.05) is 16.7 Å². The van der Waals surface area contributed by atoms with Crippen LogP contribution in [0.3, 0.4) is 0 Å². The van der Waals surface area contributed by atoms with Gasteiger partial charge in [0.15, 0.2) is 0 Å². The van der Waals surface area contributed by atoms with Gasteiger partial charge < -0.3 is 9.84 Å². The Morgan fingerprint density at radius 2 is 1.95 bits per heavy atom. The third-order valence-electron chi connectivity index (χ3n) is 7.28. The second-order valence-corrected chi connectivity index (χ2v) is 11.6. The lowest BCUT2D eigenvalue weighted by Gasteiger charge is -2.22. The van der Waals surface area contributed by atoms with Gasteiger partial charge in [0.25, 0.3) is 0 Å². The number of aliphatic carboxylic acids is 1. The highest BCUT2D eigenvalue weighted by Gasteiger charge is 2.45. The van der Waals surface area contributed by atoms with Gasteiger partial charge in [-0.05, 0) is 71.4 Å². The van der Waals surface area contributed by atoms with E-state index in [1.165, 1.54) is 11.6 Å². The molecule has 0 radical (unpaired) electrons. The number of thioether (sulfide) groups is 1. The molecule has 1 unspecified atom stereocenters. The minimum Gasteiger partial charge on any atom is -0.489 e. The molecular formula is C31H25ClFNO3S. The van der Waals surface area contributed by atoms with Crippen molar-refractivity contribution in [2.24, 2.45) is 5.41 Å². The number of carboxylic acids is 1. The molecule has 4 nitrogen and oxygen atoms in total. The number of benzene rings is 3. The van der Waals surface area contributed by atoms with E-state index in [-0.39, 0.29) is 22.1 Å². The van der Waals surface area contributed by atoms with Gasteiger partial charge in [0.05, 0.1) is 27.9 Å². The van der Waals surface area contributed by atoms with Crippen LogP contribution < -0.4 is 4.74 Å². The molecule has 6 rings (SSSR count). The number of halogens is 2. The molecule has 7 heteroatoms. The van der Waals surface area contributed by atoms with Gasteiger partial charge in [-0.2, -0.15) is 0 Å². The molecule has 1 saturated carbocycles. The van der Waals surface area contributed by atoms with Crippen LogP contribution in [0.5, 0.6) is 5.75 Å². The number of nitrogens with zero attached hydrogens (tertiary/aromatic N) is 1. The number of aromatic nitrogens is 1. The van der Waals surface area contributed by atoms with E-state index in [9.17, 15) is 14.3 Å². The van der Waals surface area contributed by atoms with E-state index in [1.54, 1.807) is 6.07 Å². The van der Waals surface area contributed by atoms with Crippen LogP contribution in [0.25, 0.3) is 23.1 Å². The van der Waals surface area contributed by atoms with Crippen molar-refractivity contribution in [1.29, 1.82) is 0 Å². The molecule has 0 saturated heterocycles. The van der Waals surface area contributed by atoms with Crippen LogP contribution in [0, 0.1) is 11.2 Å². The quantitative estimate of drug-likeness (QED) is 0.254. The molecule has 0 spiro atoms. The largest absolute Gasteiger partial charge is 0.489 e. The fourth-order valence-electron chi connectivity index (χ4n) is 4.97. The molecule has 2 aliphatic rings. The fourth-order valence-corrected chi connectivity index (χ4v) is 6.81. The Labute approximate surface area is 229 Å². The van der Waals surface area contributed by atoms with E-state index in [1.807, 2.05) is 54.2 Å². The molecule has 1 atom stereocenters. The lowest BCUT2D eigenvalue weighted by molar-refractivity contribution is -0.138. The summed E-state index contributed by atoms with van der Waals surface area (Å²) in [5, 5.41) is 10.2. The van der Waals surface area contributed by atoms with Crippen molar-refractivity contribution in [2.75, 3.05) is 5.75 Å². The van der Waals surface area contributed by atoms with Gasteiger partial charge in [-0.3, -0.25) is 4.79 Å². The van der Waals surface area contributed by atoms with Crippen LogP contribution in [0.4, 0.5) is 4.39 Å². The Kier molecular flexibility index (Phi) is 6.62. The minimum atomic E-state index is -0.727. The fraction of sp³-hybridized carbons (Fsp3) is 0.226. The van der Waals surface area contributed by atoms with Crippen LogP contribution in [0.15, 0.2) is 66.7 Å². The summed E-state index contributed by atoms with van der Waals surface area (Å²) in [6.07, 6.45) is 6.08. The zero-order chi connectivity index (χ0) is 26.3. The Bertz CT molecular complexity index is 1580. The first-order valence-corrected chi connectivity index (χ1v) is 13.9. The molecular weight excluding hydrogens is 521 g/mol. The van der Waals surface area contributed by atoms with Gasteiger partial charge >= 0.3 is 5.97 Å². The number of hydrogen-bond donors (Lipinski definition) is 1. The van der Waals surface area contributed by atoms with Crippen molar-refractivity contribution in [2.45, 2.75) is 31.1 Å². The van der Waals surface area contributed by atoms with Crippen LogP contribution >= 0.6 is 23.4 Å². The summed E-state index contributed by atoms with van der Waals surface area (Å²) in [5.41, 5.74) is 5.72. The number of pyridine rings is 1. The summed E-state index contributed by atoms with van der Waals surface area (Å²) < 4.78 is 20.0. The number of hydrogen-bond acceptors (Lipinski definition) is 4. The first-order valence-electron chi connectivity index (χ1n) is 12.5. The summed E-state index contributed by atoms with van der Waals surface area (Å²) in [6, 6.07) is 21.1. The minimum absolute atomic E-state index is 0.0409. The molecule has 1 aliphatic heterocycles. The summed E-state index contributed by atoms with van der Waals surface area (Å²) in [7, 11) is 0. The number of ether oxygens (including phenoxy) is 1. The zero-order valence-electron chi connectivity index (χ0n) is 20.5. The van der Waals surface area contributed by atoms with Gasteiger partial charge in [-0.25, -0.2) is 9.37 Å². The standard InChI is InChI=1S/C31H25ClFNO3S/c32-25-15-27-20(14-26(25)33)7-9-22(34-27)8-5-19-6-10-28-24(13-19)30(23-4-2-1-3-21(23)17-37-28)38-18-31(11-12-31)16-29(35)36/h1-10,13-15,30H,11-12,16-18H2,(H,35,36)/b8-5+. The maximum absolute atomic E-state index is 13.8. The molecule has 1 aromatic heterocycles. The summed E-state index contributed by atoms with van der Waals surface area (Å²) in [4.78, 5) is 16.0. The van der Waals surface area contributed by atoms with Crippen LogP contribution in [-0.4, -0.2) is 21.8 Å². The van der Waals surface area contributed by atoms with Crippen LogP contribution in [0.2, 0.25) is 5.02 Å². The first kappa shape index (κ1) is 25.0. The Hall–Kier alpha value is -3.35. The van der Waals surface area contributed by atoms with Gasteiger partial charge in [-0.15, -0.1) is 11.8 Å². The number of rotatable bonds is 7. The lowest BCUT2D eigenvalue weighted by atomic mass is 9.98. The van der Waals surface area contributed by atoms with Crippen LogP contribution in [-0.2, 0) is 11.4 Å². The van der Waals surface area contributed by atoms with Crippen molar-refractivity contribution in [3.05, 3.63) is 106 Å². The molecule has 1 fully saturated rings. The highest BCUT2D eigenvalue weighted by atomic mass is 35.5.